The standard InChI is InChI=1S/C16H14N2OS.C7H14O4/c17-16(19)18-13-7-5-11(6-8-13)9-14-10-12-3-1-2-4-15(12)20-14;1-4-2-5(9)7(10)6(3-8)11-4/h1-8,10H,9H2,(H3,17,18,19);4-10H,2-3H2,1H3/t;4?,5?,6?,7-/m.0/s1. The molecule has 0 bridgehead atoms. The van der Waals surface area contributed by atoms with Gasteiger partial charge in [-0.15, -0.1) is 11.3 Å². The van der Waals surface area contributed by atoms with Gasteiger partial charge in [0.25, 0.3) is 0 Å². The fourth-order valence-corrected chi connectivity index (χ4v) is 4.58. The van der Waals surface area contributed by atoms with Gasteiger partial charge in [-0.1, -0.05) is 30.3 Å². The summed E-state index contributed by atoms with van der Waals surface area (Å²) < 4.78 is 6.47. The highest BCUT2D eigenvalue weighted by Gasteiger charge is 2.34. The van der Waals surface area contributed by atoms with Crippen molar-refractivity contribution in [2.75, 3.05) is 11.9 Å². The summed E-state index contributed by atoms with van der Waals surface area (Å²) in [6.07, 6.45) is -1.11. The Balaban J connectivity index is 0.000000210. The highest BCUT2D eigenvalue weighted by molar-refractivity contribution is 7.19. The van der Waals surface area contributed by atoms with Gasteiger partial charge in [-0.25, -0.2) is 4.79 Å². The van der Waals surface area contributed by atoms with Crippen LogP contribution in [0.2, 0.25) is 0 Å². The topological polar surface area (TPSA) is 125 Å². The van der Waals surface area contributed by atoms with Crippen molar-refractivity contribution in [1.29, 1.82) is 0 Å². The third-order valence-corrected chi connectivity index (χ3v) is 6.13. The molecule has 3 unspecified atom stereocenters. The molecule has 4 atom stereocenters. The van der Waals surface area contributed by atoms with Crippen molar-refractivity contribution in [3.63, 3.8) is 0 Å². The van der Waals surface area contributed by atoms with Crippen molar-refractivity contribution in [1.82, 2.24) is 0 Å². The summed E-state index contributed by atoms with van der Waals surface area (Å²) in [7, 11) is 0. The largest absolute Gasteiger partial charge is 0.394 e. The number of carbonyl (C=O) groups is 1. The molecule has 0 radical (unpaired) electrons. The van der Waals surface area contributed by atoms with Crippen LogP contribution in [0.5, 0.6) is 0 Å². The van der Waals surface area contributed by atoms with E-state index in [2.05, 4.69) is 35.6 Å². The zero-order chi connectivity index (χ0) is 22.4. The molecular weight excluding hydrogens is 416 g/mol. The number of thiophene rings is 1. The van der Waals surface area contributed by atoms with Gasteiger partial charge in [0, 0.05) is 28.1 Å². The lowest BCUT2D eigenvalue weighted by atomic mass is 9.99. The van der Waals surface area contributed by atoms with Crippen molar-refractivity contribution in [3.8, 4) is 0 Å². The van der Waals surface area contributed by atoms with Gasteiger partial charge in [0.2, 0.25) is 0 Å². The fraction of sp³-hybridized carbons (Fsp3) is 0.348. The number of hydrogen-bond acceptors (Lipinski definition) is 6. The minimum absolute atomic E-state index is 0.0921. The second-order valence-electron chi connectivity index (χ2n) is 7.57. The molecule has 0 spiro atoms. The quantitative estimate of drug-likeness (QED) is 0.423. The first-order valence-corrected chi connectivity index (χ1v) is 10.9. The van der Waals surface area contributed by atoms with E-state index in [-0.39, 0.29) is 12.7 Å². The molecule has 1 aliphatic heterocycles. The molecule has 166 valence electrons. The molecular formula is C23H28N2O5S. The molecule has 4 rings (SSSR count). The van der Waals surface area contributed by atoms with Crippen molar-refractivity contribution < 1.29 is 24.9 Å². The molecule has 1 aliphatic rings. The number of aliphatic hydroxyl groups excluding tert-OH is 3. The summed E-state index contributed by atoms with van der Waals surface area (Å²) in [5.41, 5.74) is 7.02. The van der Waals surface area contributed by atoms with E-state index >= 15 is 0 Å². The van der Waals surface area contributed by atoms with Gasteiger partial charge >= 0.3 is 6.03 Å². The van der Waals surface area contributed by atoms with Gasteiger partial charge < -0.3 is 31.1 Å². The Bertz CT molecular complexity index is 958. The second-order valence-corrected chi connectivity index (χ2v) is 8.74. The minimum Gasteiger partial charge on any atom is -0.394 e. The van der Waals surface area contributed by atoms with Gasteiger partial charge in [-0.3, -0.25) is 0 Å². The first kappa shape index (κ1) is 23.2. The van der Waals surface area contributed by atoms with E-state index in [1.54, 1.807) is 6.92 Å². The van der Waals surface area contributed by atoms with Crippen LogP contribution in [-0.2, 0) is 11.2 Å². The molecule has 3 aromatic rings. The van der Waals surface area contributed by atoms with Crippen LogP contribution in [0.3, 0.4) is 0 Å². The molecule has 31 heavy (non-hydrogen) atoms. The normalized spacial score (nSPS) is 23.1. The number of rotatable bonds is 4. The predicted octanol–water partition coefficient (Wildman–Crippen LogP) is 2.86. The summed E-state index contributed by atoms with van der Waals surface area (Å²) in [6.45, 7) is 1.56. The molecule has 0 saturated carbocycles. The summed E-state index contributed by atoms with van der Waals surface area (Å²) in [5, 5.41) is 31.0. The van der Waals surface area contributed by atoms with Crippen LogP contribution in [0.15, 0.2) is 54.6 Å². The van der Waals surface area contributed by atoms with E-state index in [1.165, 1.54) is 20.5 Å². The minimum atomic E-state index is -0.948. The van der Waals surface area contributed by atoms with Crippen LogP contribution in [0, 0.1) is 0 Å². The molecule has 7 nitrogen and oxygen atoms in total. The average Bonchev–Trinajstić information content (AvgIpc) is 3.14. The molecule has 1 fully saturated rings. The Morgan fingerprint density at radius 1 is 1.19 bits per heavy atom. The molecule has 8 heteroatoms. The number of primary amides is 1. The number of anilines is 1. The lowest BCUT2D eigenvalue weighted by Crippen LogP contribution is -2.49. The van der Waals surface area contributed by atoms with Crippen molar-refractivity contribution in [2.24, 2.45) is 5.73 Å². The first-order chi connectivity index (χ1) is 14.9. The summed E-state index contributed by atoms with van der Waals surface area (Å²) in [6, 6.07) is 17.8. The number of carbonyl (C=O) groups excluding carboxylic acids is 1. The maximum Gasteiger partial charge on any atom is 0.316 e. The predicted molar refractivity (Wildman–Crippen MR) is 122 cm³/mol. The van der Waals surface area contributed by atoms with Crippen molar-refractivity contribution in [3.05, 3.63) is 65.0 Å². The third kappa shape index (κ3) is 6.49. The van der Waals surface area contributed by atoms with Gasteiger partial charge in [-0.2, -0.15) is 0 Å². The Labute approximate surface area is 185 Å². The number of nitrogens with one attached hydrogen (secondary N) is 1. The first-order valence-electron chi connectivity index (χ1n) is 10.1. The molecule has 0 aliphatic carbocycles. The van der Waals surface area contributed by atoms with Crippen LogP contribution in [0.25, 0.3) is 10.1 Å². The van der Waals surface area contributed by atoms with E-state index in [0.29, 0.717) is 6.42 Å². The summed E-state index contributed by atoms with van der Waals surface area (Å²) in [4.78, 5) is 12.1. The lowest BCUT2D eigenvalue weighted by molar-refractivity contribution is -0.174. The Hall–Kier alpha value is -2.49. The zero-order valence-electron chi connectivity index (χ0n) is 17.3. The number of hydrogen-bond donors (Lipinski definition) is 5. The SMILES string of the molecule is CC1CC(O)[C@H](O)C(CO)O1.NC(=O)Nc1ccc(Cc2cc3ccccc3s2)cc1. The molecule has 1 saturated heterocycles. The zero-order valence-corrected chi connectivity index (χ0v) is 18.1. The molecule has 6 N–H and O–H groups in total. The number of nitrogens with two attached hydrogens (primary N) is 1. The summed E-state index contributed by atoms with van der Waals surface area (Å²) in [5.74, 6) is 0. The van der Waals surface area contributed by atoms with Crippen molar-refractivity contribution in [2.45, 2.75) is 44.2 Å². The number of aliphatic hydroxyl groups is 3. The number of fused-ring (bicyclic) bond motifs is 1. The second kappa shape index (κ2) is 10.7. The fourth-order valence-electron chi connectivity index (χ4n) is 3.49. The molecule has 2 amide bonds. The van der Waals surface area contributed by atoms with Crippen LogP contribution < -0.4 is 11.1 Å². The van der Waals surface area contributed by atoms with Crippen LogP contribution in [0.4, 0.5) is 10.5 Å². The smallest absolute Gasteiger partial charge is 0.316 e. The van der Waals surface area contributed by atoms with Gasteiger partial charge in [0.05, 0.1) is 18.8 Å². The van der Waals surface area contributed by atoms with Gasteiger partial charge in [0.1, 0.15) is 12.2 Å². The molecule has 2 heterocycles. The van der Waals surface area contributed by atoms with Gasteiger partial charge in [0.15, 0.2) is 0 Å². The van der Waals surface area contributed by atoms with Crippen molar-refractivity contribution >= 4 is 33.1 Å². The van der Waals surface area contributed by atoms with E-state index in [1.807, 2.05) is 35.6 Å². The van der Waals surface area contributed by atoms with E-state index < -0.39 is 24.3 Å². The number of ether oxygens (including phenoxy) is 1. The maximum absolute atomic E-state index is 10.8. The number of benzene rings is 2. The van der Waals surface area contributed by atoms with Gasteiger partial charge in [-0.05, 0) is 42.1 Å². The lowest BCUT2D eigenvalue weighted by Gasteiger charge is -2.34. The Kier molecular flexibility index (Phi) is 8.00. The summed E-state index contributed by atoms with van der Waals surface area (Å²) >= 11 is 1.82. The van der Waals surface area contributed by atoms with Crippen LogP contribution in [-0.4, -0.2) is 52.4 Å². The highest BCUT2D eigenvalue weighted by Crippen LogP contribution is 2.27. The number of urea groups is 1. The molecule has 2 aromatic carbocycles. The van der Waals surface area contributed by atoms with E-state index in [0.717, 1.165) is 12.1 Å². The highest BCUT2D eigenvalue weighted by atomic mass is 32.1. The average molecular weight is 445 g/mol. The van der Waals surface area contributed by atoms with Crippen LogP contribution in [0.1, 0.15) is 23.8 Å². The molecule has 1 aromatic heterocycles. The monoisotopic (exact) mass is 444 g/mol. The van der Waals surface area contributed by atoms with E-state index in [4.69, 9.17) is 15.6 Å². The number of amides is 2. The van der Waals surface area contributed by atoms with Crippen LogP contribution >= 0.6 is 11.3 Å². The van der Waals surface area contributed by atoms with E-state index in [9.17, 15) is 15.0 Å². The maximum atomic E-state index is 10.8. The Morgan fingerprint density at radius 2 is 1.90 bits per heavy atom. The Morgan fingerprint density at radius 3 is 2.55 bits per heavy atom. The third-order valence-electron chi connectivity index (χ3n) is 5.01.